The zero-order chi connectivity index (χ0) is 20.9. The first-order valence-corrected chi connectivity index (χ1v) is 11.9. The number of rotatable bonds is 6. The Bertz CT molecular complexity index is 976. The fourth-order valence-corrected chi connectivity index (χ4v) is 5.99. The van der Waals surface area contributed by atoms with Gasteiger partial charge in [0, 0.05) is 18.8 Å². The summed E-state index contributed by atoms with van der Waals surface area (Å²) >= 11 is 0.953. The number of anilines is 1. The van der Waals surface area contributed by atoms with Crippen molar-refractivity contribution in [1.29, 1.82) is 0 Å². The minimum Gasteiger partial charge on any atom is -0.462 e. The van der Waals surface area contributed by atoms with Crippen LogP contribution in [0.5, 0.6) is 0 Å². The maximum absolute atomic E-state index is 12.9. The average Bonchev–Trinajstić information content (AvgIpc) is 3.05. The molecule has 2 aromatic rings. The van der Waals surface area contributed by atoms with Crippen molar-refractivity contribution in [2.24, 2.45) is 0 Å². The van der Waals surface area contributed by atoms with Crippen LogP contribution in [0.4, 0.5) is 5.69 Å². The minimum atomic E-state index is -3.58. The molecule has 2 heterocycles. The summed E-state index contributed by atoms with van der Waals surface area (Å²) in [5.41, 5.74) is 0.770. The second kappa shape index (κ2) is 9.51. The van der Waals surface area contributed by atoms with E-state index in [2.05, 4.69) is 5.32 Å². The van der Waals surface area contributed by atoms with Gasteiger partial charge >= 0.3 is 5.97 Å². The van der Waals surface area contributed by atoms with E-state index in [-0.39, 0.29) is 10.8 Å². The fraction of sp³-hybridized carbons (Fsp3) is 0.400. The predicted molar refractivity (Wildman–Crippen MR) is 112 cm³/mol. The molecule has 1 aromatic heterocycles. The quantitative estimate of drug-likeness (QED) is 0.697. The van der Waals surface area contributed by atoms with Gasteiger partial charge in [-0.15, -0.1) is 11.3 Å². The molecule has 1 saturated heterocycles. The molecule has 1 amide bonds. The van der Waals surface area contributed by atoms with Crippen LogP contribution in [0.2, 0.25) is 0 Å². The van der Waals surface area contributed by atoms with Gasteiger partial charge in [0.15, 0.2) is 0 Å². The molecule has 0 aliphatic carbocycles. The van der Waals surface area contributed by atoms with Crippen molar-refractivity contribution < 1.29 is 22.7 Å². The van der Waals surface area contributed by atoms with E-state index in [4.69, 9.17) is 4.74 Å². The van der Waals surface area contributed by atoms with Crippen LogP contribution in [0.1, 0.15) is 52.6 Å². The Labute approximate surface area is 174 Å². The lowest BCUT2D eigenvalue weighted by atomic mass is 10.2. The number of nitrogens with one attached hydrogen (secondary N) is 1. The number of esters is 1. The van der Waals surface area contributed by atoms with Crippen LogP contribution in [-0.2, 0) is 14.8 Å². The summed E-state index contributed by atoms with van der Waals surface area (Å²) in [6, 6.07) is 9.42. The van der Waals surface area contributed by atoms with E-state index in [1.807, 2.05) is 0 Å². The van der Waals surface area contributed by atoms with Crippen molar-refractivity contribution in [3.8, 4) is 0 Å². The lowest BCUT2D eigenvalue weighted by Crippen LogP contribution is -2.31. The topological polar surface area (TPSA) is 92.8 Å². The molecule has 1 fully saturated rings. The molecule has 0 radical (unpaired) electrons. The van der Waals surface area contributed by atoms with Crippen LogP contribution < -0.4 is 5.32 Å². The molecule has 1 aromatic carbocycles. The lowest BCUT2D eigenvalue weighted by molar-refractivity contribution is 0.0526. The third kappa shape index (κ3) is 5.23. The Kier molecular flexibility index (Phi) is 7.05. The number of hydrogen-bond acceptors (Lipinski definition) is 6. The summed E-state index contributed by atoms with van der Waals surface area (Å²) in [5.74, 6) is -0.890. The first-order chi connectivity index (χ1) is 13.9. The zero-order valence-corrected chi connectivity index (χ0v) is 17.9. The van der Waals surface area contributed by atoms with Crippen LogP contribution in [0.3, 0.4) is 0 Å². The number of carbonyl (C=O) groups is 2. The molecular formula is C20H24N2O5S2. The molecule has 0 atom stereocenters. The van der Waals surface area contributed by atoms with Gasteiger partial charge in [-0.2, -0.15) is 4.31 Å². The summed E-state index contributed by atoms with van der Waals surface area (Å²) < 4.78 is 32.4. The van der Waals surface area contributed by atoms with Gasteiger partial charge < -0.3 is 10.1 Å². The van der Waals surface area contributed by atoms with E-state index in [9.17, 15) is 18.0 Å². The Balaban J connectivity index is 1.72. The van der Waals surface area contributed by atoms with E-state index < -0.39 is 21.9 Å². The van der Waals surface area contributed by atoms with E-state index in [0.717, 1.165) is 37.0 Å². The van der Waals surface area contributed by atoms with Crippen molar-refractivity contribution in [3.05, 3.63) is 46.8 Å². The van der Waals surface area contributed by atoms with Crippen LogP contribution in [0.25, 0.3) is 0 Å². The molecule has 156 valence electrons. The predicted octanol–water partition coefficient (Wildman–Crippen LogP) is 3.74. The maximum Gasteiger partial charge on any atom is 0.338 e. The van der Waals surface area contributed by atoms with Gasteiger partial charge in [0.1, 0.15) is 4.21 Å². The van der Waals surface area contributed by atoms with E-state index in [1.54, 1.807) is 25.1 Å². The molecule has 0 spiro atoms. The lowest BCUT2D eigenvalue weighted by Gasteiger charge is -2.18. The highest BCUT2D eigenvalue weighted by atomic mass is 32.2. The van der Waals surface area contributed by atoms with Crippen LogP contribution >= 0.6 is 11.3 Å². The number of benzene rings is 1. The second-order valence-corrected chi connectivity index (χ2v) is 9.94. The van der Waals surface area contributed by atoms with Gasteiger partial charge in [-0.25, -0.2) is 13.2 Å². The first kappa shape index (κ1) is 21.5. The number of carbonyl (C=O) groups excluding carboxylic acids is 2. The van der Waals surface area contributed by atoms with Gasteiger partial charge in [-0.05, 0) is 50.1 Å². The van der Waals surface area contributed by atoms with Crippen molar-refractivity contribution in [1.82, 2.24) is 4.31 Å². The molecule has 0 unspecified atom stereocenters. The van der Waals surface area contributed by atoms with Crippen molar-refractivity contribution in [2.45, 2.75) is 36.8 Å². The fourth-order valence-electron chi connectivity index (χ4n) is 3.12. The second-order valence-electron chi connectivity index (χ2n) is 6.69. The van der Waals surface area contributed by atoms with Gasteiger partial charge in [0.25, 0.3) is 15.9 Å². The molecule has 7 nitrogen and oxygen atoms in total. The Hall–Kier alpha value is -2.23. The average molecular weight is 437 g/mol. The summed E-state index contributed by atoms with van der Waals surface area (Å²) in [4.78, 5) is 24.7. The third-order valence-corrected chi connectivity index (χ3v) is 8.05. The summed E-state index contributed by atoms with van der Waals surface area (Å²) in [6.07, 6.45) is 3.79. The molecule has 0 bridgehead atoms. The van der Waals surface area contributed by atoms with Gasteiger partial charge in [-0.1, -0.05) is 18.9 Å². The molecule has 0 saturated carbocycles. The minimum absolute atomic E-state index is 0.171. The van der Waals surface area contributed by atoms with E-state index in [0.29, 0.717) is 29.2 Å². The molecule has 9 heteroatoms. The van der Waals surface area contributed by atoms with E-state index in [1.165, 1.54) is 22.5 Å². The summed E-state index contributed by atoms with van der Waals surface area (Å²) in [5, 5.41) is 2.71. The molecule has 29 heavy (non-hydrogen) atoms. The molecular weight excluding hydrogens is 412 g/mol. The summed E-state index contributed by atoms with van der Waals surface area (Å²) in [6.45, 7) is 3.02. The number of ether oxygens (including phenoxy) is 1. The van der Waals surface area contributed by atoms with Gasteiger partial charge in [-0.3, -0.25) is 4.79 Å². The number of thiophene rings is 1. The van der Waals surface area contributed by atoms with Gasteiger partial charge in [0.2, 0.25) is 0 Å². The normalized spacial score (nSPS) is 15.5. The number of nitrogens with zero attached hydrogens (tertiary/aromatic N) is 1. The number of amides is 1. The van der Waals surface area contributed by atoms with Crippen LogP contribution in [-0.4, -0.2) is 44.3 Å². The maximum atomic E-state index is 12.9. The monoisotopic (exact) mass is 436 g/mol. The van der Waals surface area contributed by atoms with Crippen LogP contribution in [0, 0.1) is 0 Å². The Morgan fingerprint density at radius 2 is 1.83 bits per heavy atom. The highest BCUT2D eigenvalue weighted by Gasteiger charge is 2.27. The van der Waals surface area contributed by atoms with Crippen molar-refractivity contribution >= 4 is 38.9 Å². The molecule has 1 N–H and O–H groups in total. The van der Waals surface area contributed by atoms with E-state index >= 15 is 0 Å². The molecule has 3 rings (SSSR count). The third-order valence-electron chi connectivity index (χ3n) is 4.60. The number of hydrogen-bond donors (Lipinski definition) is 1. The smallest absolute Gasteiger partial charge is 0.338 e. The first-order valence-electron chi connectivity index (χ1n) is 9.60. The Morgan fingerprint density at radius 1 is 1.10 bits per heavy atom. The summed E-state index contributed by atoms with van der Waals surface area (Å²) in [7, 11) is -3.58. The largest absolute Gasteiger partial charge is 0.462 e. The van der Waals surface area contributed by atoms with Crippen LogP contribution in [0.15, 0.2) is 40.6 Å². The highest BCUT2D eigenvalue weighted by molar-refractivity contribution is 7.91. The van der Waals surface area contributed by atoms with Crippen molar-refractivity contribution in [2.75, 3.05) is 25.0 Å². The SMILES string of the molecule is CCOC(=O)c1cccc(NC(=O)c2ccc(S(=O)(=O)N3CCCCCC3)s2)c1. The van der Waals surface area contributed by atoms with Crippen molar-refractivity contribution in [3.63, 3.8) is 0 Å². The standard InChI is InChI=1S/C20H24N2O5S2/c1-2-27-20(24)15-8-7-9-16(14-15)21-19(23)17-10-11-18(28-17)29(25,26)22-12-5-3-4-6-13-22/h7-11,14H,2-6,12-13H2,1H3,(H,21,23). The number of sulfonamides is 1. The molecule has 1 aliphatic heterocycles. The Morgan fingerprint density at radius 3 is 2.52 bits per heavy atom. The highest BCUT2D eigenvalue weighted by Crippen LogP contribution is 2.27. The van der Waals surface area contributed by atoms with Gasteiger partial charge in [0.05, 0.1) is 17.0 Å². The molecule has 1 aliphatic rings. The zero-order valence-electron chi connectivity index (χ0n) is 16.2.